The Morgan fingerprint density at radius 1 is 1.05 bits per heavy atom. The van der Waals surface area contributed by atoms with Crippen LogP contribution in [0.5, 0.6) is 0 Å². The highest BCUT2D eigenvalue weighted by molar-refractivity contribution is 6.67. The summed E-state index contributed by atoms with van der Waals surface area (Å²) in [5.74, 6) is -3.47. The third kappa shape index (κ3) is 13.4. The predicted octanol–water partition coefficient (Wildman–Crippen LogP) is 5.40. The molecule has 0 bridgehead atoms. The fraction of sp³-hybridized carbons (Fsp3) is 0.579. The highest BCUT2D eigenvalue weighted by Gasteiger charge is 2.47. The Bertz CT molecular complexity index is 1820. The minimum absolute atomic E-state index is 0.102. The number of alkyl halides is 4. The number of hydrogen-bond donors (Lipinski definition) is 3. The van der Waals surface area contributed by atoms with E-state index in [1.165, 1.54) is 13.0 Å². The summed E-state index contributed by atoms with van der Waals surface area (Å²) in [6.45, 7) is 9.77. The minimum Gasteiger partial charge on any atom is -0.460 e. The summed E-state index contributed by atoms with van der Waals surface area (Å²) in [5, 5.41) is 7.16. The van der Waals surface area contributed by atoms with Crippen molar-refractivity contribution >= 4 is 81.6 Å². The van der Waals surface area contributed by atoms with Crippen molar-refractivity contribution in [1.29, 1.82) is 0 Å². The second kappa shape index (κ2) is 18.9. The molecule has 0 radical (unpaired) electrons. The Balaban J connectivity index is 1.46. The maximum absolute atomic E-state index is 15.6. The lowest BCUT2D eigenvalue weighted by Gasteiger charge is -2.36. The van der Waals surface area contributed by atoms with Crippen molar-refractivity contribution in [3.05, 3.63) is 47.7 Å². The standard InChI is InChI=1S/C38H49Cl3FN5O10/c1-22(44-34(52)57-35(3,4)5)26-13-12-25-11-10-24(17-28(25)45-26)14-15-37(18-53-21-54-19-37)33(51)56-29(36(6,7)42)30(48)43-23(2)31(49)47-16-8-9-27(46-47)32(50)55-20-38(39,40)41/h10-15,17,22-23,27,29,46H,8-9,16,18-21H2,1-7H3,(H,43,48)(H,44,52)/b15-14+/t22-,23+,27+,29-/m1/s1. The minimum atomic E-state index is -2.40. The van der Waals surface area contributed by atoms with Gasteiger partial charge in [0.25, 0.3) is 11.8 Å². The third-order valence-corrected chi connectivity index (χ3v) is 9.06. The molecule has 2 saturated heterocycles. The van der Waals surface area contributed by atoms with E-state index in [-0.39, 0.29) is 26.6 Å². The number of alkyl carbamates (subject to hydrolysis) is 1. The van der Waals surface area contributed by atoms with Crippen LogP contribution in [-0.4, -0.2) is 106 Å². The Kier molecular flexibility index (Phi) is 15.2. The lowest BCUT2D eigenvalue weighted by Crippen LogP contribution is -2.61. The molecule has 1 aromatic carbocycles. The molecule has 1 aromatic heterocycles. The molecule has 0 saturated carbocycles. The summed E-state index contributed by atoms with van der Waals surface area (Å²) >= 11 is 17.0. The summed E-state index contributed by atoms with van der Waals surface area (Å²) < 4.78 is 40.8. The van der Waals surface area contributed by atoms with Crippen molar-refractivity contribution in [3.8, 4) is 0 Å². The van der Waals surface area contributed by atoms with Crippen molar-refractivity contribution in [2.24, 2.45) is 5.41 Å². The molecule has 3 amide bonds. The Labute approximate surface area is 345 Å². The lowest BCUT2D eigenvalue weighted by atomic mass is 9.88. The van der Waals surface area contributed by atoms with Gasteiger partial charge in [0.2, 0.25) is 9.90 Å². The van der Waals surface area contributed by atoms with E-state index in [9.17, 15) is 24.0 Å². The number of benzene rings is 1. The summed E-state index contributed by atoms with van der Waals surface area (Å²) in [6.07, 6.45) is 1.31. The van der Waals surface area contributed by atoms with Crippen LogP contribution in [0.1, 0.15) is 78.6 Å². The third-order valence-electron chi connectivity index (χ3n) is 8.73. The highest BCUT2D eigenvalue weighted by Crippen LogP contribution is 2.31. The van der Waals surface area contributed by atoms with Gasteiger partial charge in [-0.1, -0.05) is 65.2 Å². The summed E-state index contributed by atoms with van der Waals surface area (Å²) in [4.78, 5) is 70.3. The second-order valence-electron chi connectivity index (χ2n) is 15.5. The quantitative estimate of drug-likeness (QED) is 0.141. The molecule has 57 heavy (non-hydrogen) atoms. The molecule has 3 heterocycles. The van der Waals surface area contributed by atoms with Gasteiger partial charge >= 0.3 is 18.0 Å². The number of ether oxygens (including phenoxy) is 5. The second-order valence-corrected chi connectivity index (χ2v) is 18.0. The maximum atomic E-state index is 15.6. The number of rotatable bonds is 12. The van der Waals surface area contributed by atoms with Crippen LogP contribution < -0.4 is 16.1 Å². The van der Waals surface area contributed by atoms with Crippen LogP contribution in [0.4, 0.5) is 9.18 Å². The molecule has 15 nitrogen and oxygen atoms in total. The number of hydrogen-bond acceptors (Lipinski definition) is 12. The number of carbonyl (C=O) groups excluding carboxylic acids is 5. The van der Waals surface area contributed by atoms with E-state index in [0.717, 1.165) is 24.2 Å². The number of pyridine rings is 1. The van der Waals surface area contributed by atoms with Crippen molar-refractivity contribution < 1.29 is 52.0 Å². The molecule has 2 aromatic rings. The molecule has 2 fully saturated rings. The van der Waals surface area contributed by atoms with E-state index < -0.39 is 81.2 Å². The first-order valence-electron chi connectivity index (χ1n) is 18.2. The number of nitrogens with one attached hydrogen (secondary N) is 3. The van der Waals surface area contributed by atoms with E-state index in [4.69, 9.17) is 63.5 Å². The highest BCUT2D eigenvalue weighted by atomic mass is 35.6. The molecule has 0 unspecified atom stereocenters. The summed E-state index contributed by atoms with van der Waals surface area (Å²) in [6, 6.07) is 6.46. The van der Waals surface area contributed by atoms with Crippen LogP contribution in [0, 0.1) is 5.41 Å². The Morgan fingerprint density at radius 2 is 1.72 bits per heavy atom. The van der Waals surface area contributed by atoms with Crippen LogP contribution in [0.15, 0.2) is 36.4 Å². The molecule has 314 valence electrons. The van der Waals surface area contributed by atoms with Crippen molar-refractivity contribution in [1.82, 2.24) is 26.1 Å². The molecule has 19 heteroatoms. The molecular weight excluding hydrogens is 812 g/mol. The average molecular weight is 861 g/mol. The summed E-state index contributed by atoms with van der Waals surface area (Å²) in [5.41, 5.74) is -0.0673. The molecule has 0 aliphatic carbocycles. The molecular formula is C38H49Cl3FN5O10. The number of halogens is 4. The van der Waals surface area contributed by atoms with Gasteiger partial charge in [0.1, 0.15) is 36.5 Å². The number of hydrazine groups is 1. The monoisotopic (exact) mass is 859 g/mol. The van der Waals surface area contributed by atoms with Gasteiger partial charge in [0.15, 0.2) is 5.67 Å². The first-order valence-corrected chi connectivity index (χ1v) is 19.4. The van der Waals surface area contributed by atoms with Crippen LogP contribution in [0.25, 0.3) is 17.0 Å². The number of nitrogens with zero attached hydrogens (tertiary/aromatic N) is 2. The zero-order chi connectivity index (χ0) is 42.3. The number of amides is 3. The topological polar surface area (TPSA) is 184 Å². The lowest BCUT2D eigenvalue weighted by molar-refractivity contribution is -0.196. The van der Waals surface area contributed by atoms with Gasteiger partial charge in [-0.25, -0.2) is 14.6 Å². The first kappa shape index (κ1) is 45.9. The number of aromatic nitrogens is 1. The SMILES string of the molecule is C[C@H](NC(=O)[C@@H](OC(=O)C1(/C=C/c2ccc3ccc([C@@H](C)NC(=O)OC(C)(C)C)nc3c2)COCOC1)C(C)(C)F)C(=O)N1CCC[C@@H](C(=O)OCC(Cl)(Cl)Cl)N1. The molecule has 4 rings (SSSR count). The molecule has 4 atom stereocenters. The van der Waals surface area contributed by atoms with E-state index in [2.05, 4.69) is 16.1 Å². The number of fused-ring (bicyclic) bond motifs is 1. The van der Waals surface area contributed by atoms with Gasteiger partial charge < -0.3 is 34.3 Å². The van der Waals surface area contributed by atoms with Gasteiger partial charge in [-0.05, 0) is 79.0 Å². The fourth-order valence-electron chi connectivity index (χ4n) is 5.82. The Morgan fingerprint density at radius 3 is 2.35 bits per heavy atom. The smallest absolute Gasteiger partial charge is 0.408 e. The van der Waals surface area contributed by atoms with Gasteiger partial charge in [-0.15, -0.1) is 0 Å². The van der Waals surface area contributed by atoms with Crippen LogP contribution in [0.3, 0.4) is 0 Å². The van der Waals surface area contributed by atoms with E-state index in [0.29, 0.717) is 29.6 Å². The molecule has 0 spiro atoms. The molecule has 2 aliphatic heterocycles. The van der Waals surface area contributed by atoms with Crippen LogP contribution in [-0.2, 0) is 42.9 Å². The van der Waals surface area contributed by atoms with Gasteiger partial charge in [0, 0.05) is 11.9 Å². The molecule has 3 N–H and O–H groups in total. The van der Waals surface area contributed by atoms with Gasteiger partial charge in [0.05, 0.1) is 30.5 Å². The normalized spacial score (nSPS) is 19.3. The van der Waals surface area contributed by atoms with Gasteiger partial charge in [-0.3, -0.25) is 29.2 Å². The zero-order valence-electron chi connectivity index (χ0n) is 32.8. The summed E-state index contributed by atoms with van der Waals surface area (Å²) in [7, 11) is 0. The average Bonchev–Trinajstić information content (AvgIpc) is 3.13. The van der Waals surface area contributed by atoms with E-state index in [1.807, 2.05) is 12.1 Å². The Hall–Kier alpha value is -3.80. The zero-order valence-corrected chi connectivity index (χ0v) is 35.1. The van der Waals surface area contributed by atoms with Crippen LogP contribution in [0.2, 0.25) is 0 Å². The fourth-order valence-corrected chi connectivity index (χ4v) is 5.99. The largest absolute Gasteiger partial charge is 0.460 e. The predicted molar refractivity (Wildman–Crippen MR) is 210 cm³/mol. The van der Waals surface area contributed by atoms with Gasteiger partial charge in [-0.2, -0.15) is 0 Å². The number of carbonyl (C=O) groups is 5. The molecule has 2 aliphatic rings. The van der Waals surface area contributed by atoms with E-state index in [1.54, 1.807) is 52.0 Å². The van der Waals surface area contributed by atoms with Crippen LogP contribution >= 0.6 is 34.8 Å². The van der Waals surface area contributed by atoms with E-state index >= 15 is 4.39 Å². The number of esters is 2. The van der Waals surface area contributed by atoms with Crippen molar-refractivity contribution in [2.75, 3.05) is 33.2 Å². The maximum Gasteiger partial charge on any atom is 0.408 e. The van der Waals surface area contributed by atoms with Crippen molar-refractivity contribution in [2.45, 2.75) is 101 Å². The first-order chi connectivity index (χ1) is 26.5. The van der Waals surface area contributed by atoms with Crippen molar-refractivity contribution in [3.63, 3.8) is 0 Å².